The smallest absolute Gasteiger partial charge is 0.0991 e. The molecule has 3 aliphatic rings. The van der Waals surface area contributed by atoms with Gasteiger partial charge in [0.25, 0.3) is 0 Å². The average Bonchev–Trinajstić information content (AvgIpc) is 3.52. The molecule has 0 bridgehead atoms. The maximum absolute atomic E-state index is 9.46. The SMILES string of the molecule is N#Cc1cccc(C(=N)/C=C(\NCc2cccc(-n3c4ccccc4c4cc5c(cc43)-c3ccccc3C5(c3ccccc3)[C@@]34CC=C3C4)c2)c2ccccc2)c1. The van der Waals surface area contributed by atoms with E-state index < -0.39 is 0 Å². The van der Waals surface area contributed by atoms with Crippen LogP contribution in [0.5, 0.6) is 0 Å². The molecule has 11 rings (SSSR count). The van der Waals surface area contributed by atoms with Gasteiger partial charge in [-0.2, -0.15) is 5.26 Å². The molecule has 0 aliphatic heterocycles. The molecular formula is C53H38N4. The van der Waals surface area contributed by atoms with Crippen molar-refractivity contribution in [1.29, 1.82) is 10.7 Å². The fraction of sp³-hybridized carbons (Fsp3) is 0.0943. The standard InChI is InChI=1S/C53H38N4/c54-33-35-13-11-17-38(27-35)48(55)31-49(37-15-3-1-4-16-37)56-34-36-14-12-20-41(28-36)57-50-24-10-8-22-43(50)45-29-47-44(30-51(45)57)42-21-7-9-23-46(42)53(47,39-18-5-2-6-19-39)52-26-25-40(52)32-52/h1-25,27-31,55-56H,26,32,34H2/b49-31-,55-48?/t52-,53?/m1/s1. The number of hydrogen-bond acceptors (Lipinski definition) is 3. The fourth-order valence-corrected chi connectivity index (χ4v) is 10.1. The van der Waals surface area contributed by atoms with Crippen molar-refractivity contribution in [3.05, 3.63) is 227 Å². The number of nitrogens with one attached hydrogen (secondary N) is 2. The molecule has 3 aliphatic carbocycles. The summed E-state index contributed by atoms with van der Waals surface area (Å²) in [5, 5.41) is 24.6. The van der Waals surface area contributed by atoms with E-state index in [0.29, 0.717) is 23.4 Å². The summed E-state index contributed by atoms with van der Waals surface area (Å²) in [6, 6.07) is 62.7. The molecule has 4 heteroatoms. The van der Waals surface area contributed by atoms with Gasteiger partial charge in [-0.1, -0.05) is 139 Å². The van der Waals surface area contributed by atoms with Gasteiger partial charge in [-0.25, -0.2) is 0 Å². The van der Waals surface area contributed by atoms with Crippen LogP contribution in [-0.2, 0) is 12.0 Å². The first-order valence-electron chi connectivity index (χ1n) is 19.7. The van der Waals surface area contributed by atoms with Crippen molar-refractivity contribution in [2.45, 2.75) is 24.8 Å². The number of allylic oxidation sites excluding steroid dienone is 3. The lowest BCUT2D eigenvalue weighted by Crippen LogP contribution is -2.39. The summed E-state index contributed by atoms with van der Waals surface area (Å²) in [6.45, 7) is 0.567. The topological polar surface area (TPSA) is 64.6 Å². The van der Waals surface area contributed by atoms with Gasteiger partial charge in [0, 0.05) is 39.7 Å². The van der Waals surface area contributed by atoms with Crippen molar-refractivity contribution in [3.8, 4) is 22.9 Å². The van der Waals surface area contributed by atoms with Gasteiger partial charge in [0.2, 0.25) is 0 Å². The molecule has 0 saturated heterocycles. The lowest BCUT2D eigenvalue weighted by molar-refractivity contribution is 0.357. The van der Waals surface area contributed by atoms with Gasteiger partial charge < -0.3 is 15.3 Å². The van der Waals surface area contributed by atoms with Crippen molar-refractivity contribution in [3.63, 3.8) is 0 Å². The maximum atomic E-state index is 9.46. The zero-order valence-electron chi connectivity index (χ0n) is 31.3. The molecule has 57 heavy (non-hydrogen) atoms. The van der Waals surface area contributed by atoms with E-state index in [1.54, 1.807) is 17.7 Å². The minimum Gasteiger partial charge on any atom is -0.380 e. The van der Waals surface area contributed by atoms with E-state index in [1.165, 1.54) is 49.6 Å². The minimum atomic E-state index is -0.230. The van der Waals surface area contributed by atoms with Gasteiger partial charge in [-0.3, -0.25) is 0 Å². The summed E-state index contributed by atoms with van der Waals surface area (Å²) < 4.78 is 2.44. The van der Waals surface area contributed by atoms with Crippen molar-refractivity contribution in [1.82, 2.24) is 9.88 Å². The number of nitriles is 1. The Balaban J connectivity index is 1.03. The van der Waals surface area contributed by atoms with Gasteiger partial charge in [-0.15, -0.1) is 0 Å². The summed E-state index contributed by atoms with van der Waals surface area (Å²) in [7, 11) is 0. The molecule has 1 fully saturated rings. The third kappa shape index (κ3) is 4.89. The van der Waals surface area contributed by atoms with E-state index in [9.17, 15) is 5.26 Å². The highest BCUT2D eigenvalue weighted by Crippen LogP contribution is 2.78. The number of nitrogens with zero attached hydrogens (tertiary/aromatic N) is 2. The number of para-hydroxylation sites is 1. The van der Waals surface area contributed by atoms with E-state index in [0.717, 1.165) is 35.4 Å². The Hall–Kier alpha value is -7.22. The Bertz CT molecular complexity index is 3050. The van der Waals surface area contributed by atoms with Crippen molar-refractivity contribution >= 4 is 33.2 Å². The van der Waals surface area contributed by atoms with Gasteiger partial charge in [-0.05, 0) is 100 Å². The third-order valence-corrected chi connectivity index (χ3v) is 12.8. The fourth-order valence-electron chi connectivity index (χ4n) is 10.1. The Morgan fingerprint density at radius 2 is 1.44 bits per heavy atom. The number of aromatic nitrogens is 1. The van der Waals surface area contributed by atoms with Crippen LogP contribution in [0.3, 0.4) is 0 Å². The van der Waals surface area contributed by atoms with E-state index in [2.05, 4.69) is 149 Å². The summed E-state index contributed by atoms with van der Waals surface area (Å²) in [5.74, 6) is 0. The predicted octanol–water partition coefficient (Wildman–Crippen LogP) is 11.9. The van der Waals surface area contributed by atoms with Crippen LogP contribution in [0.15, 0.2) is 188 Å². The van der Waals surface area contributed by atoms with Crippen LogP contribution in [0.25, 0.3) is 44.3 Å². The van der Waals surface area contributed by atoms with E-state index in [1.807, 2.05) is 36.4 Å². The van der Waals surface area contributed by atoms with Crippen LogP contribution in [0.4, 0.5) is 0 Å². The van der Waals surface area contributed by atoms with Crippen molar-refractivity contribution < 1.29 is 0 Å². The van der Waals surface area contributed by atoms with E-state index in [-0.39, 0.29) is 10.8 Å². The molecule has 1 unspecified atom stereocenters. The van der Waals surface area contributed by atoms with Crippen molar-refractivity contribution in [2.75, 3.05) is 0 Å². The average molecular weight is 731 g/mol. The second kappa shape index (κ2) is 12.7. The molecule has 2 atom stereocenters. The van der Waals surface area contributed by atoms with Gasteiger partial charge in [0.1, 0.15) is 0 Å². The Morgan fingerprint density at radius 3 is 2.23 bits per heavy atom. The Kier molecular flexibility index (Phi) is 7.36. The molecule has 7 aromatic carbocycles. The minimum absolute atomic E-state index is 0.134. The van der Waals surface area contributed by atoms with Crippen LogP contribution >= 0.6 is 0 Å². The highest BCUT2D eigenvalue weighted by Gasteiger charge is 2.70. The maximum Gasteiger partial charge on any atom is 0.0991 e. The van der Waals surface area contributed by atoms with Crippen LogP contribution in [-0.4, -0.2) is 10.3 Å². The molecule has 1 heterocycles. The van der Waals surface area contributed by atoms with Crippen molar-refractivity contribution in [2.24, 2.45) is 5.41 Å². The van der Waals surface area contributed by atoms with Crippen LogP contribution in [0, 0.1) is 22.2 Å². The van der Waals surface area contributed by atoms with Crippen LogP contribution in [0.2, 0.25) is 0 Å². The van der Waals surface area contributed by atoms with Crippen LogP contribution < -0.4 is 5.32 Å². The predicted molar refractivity (Wildman–Crippen MR) is 232 cm³/mol. The molecule has 1 aromatic heterocycles. The second-order valence-electron chi connectivity index (χ2n) is 15.7. The number of benzene rings is 7. The quantitative estimate of drug-likeness (QED) is 0.115. The normalized spacial score (nSPS) is 18.9. The highest BCUT2D eigenvalue weighted by atomic mass is 15.0. The molecule has 270 valence electrons. The number of hydrogen-bond donors (Lipinski definition) is 2. The molecule has 2 N–H and O–H groups in total. The third-order valence-electron chi connectivity index (χ3n) is 12.8. The molecular weight excluding hydrogens is 693 g/mol. The largest absolute Gasteiger partial charge is 0.380 e. The number of fused-ring (bicyclic) bond motifs is 7. The summed E-state index contributed by atoms with van der Waals surface area (Å²) in [5.41, 5.74) is 16.5. The van der Waals surface area contributed by atoms with E-state index >= 15 is 0 Å². The zero-order valence-corrected chi connectivity index (χ0v) is 31.3. The van der Waals surface area contributed by atoms with Gasteiger partial charge in [0.15, 0.2) is 0 Å². The summed E-state index contributed by atoms with van der Waals surface area (Å²) in [4.78, 5) is 0. The molecule has 0 radical (unpaired) electrons. The lowest BCUT2D eigenvalue weighted by atomic mass is 9.58. The first kappa shape index (κ1) is 33.1. The highest BCUT2D eigenvalue weighted by molar-refractivity contribution is 6.12. The molecule has 1 saturated carbocycles. The summed E-state index contributed by atoms with van der Waals surface area (Å²) in [6.07, 6.45) is 6.60. The van der Waals surface area contributed by atoms with Gasteiger partial charge >= 0.3 is 0 Å². The molecule has 4 nitrogen and oxygen atoms in total. The molecule has 8 aromatic rings. The van der Waals surface area contributed by atoms with Crippen LogP contribution in [0.1, 0.15) is 51.8 Å². The Labute approximate surface area is 332 Å². The first-order valence-corrected chi connectivity index (χ1v) is 19.7. The zero-order chi connectivity index (χ0) is 38.1. The summed E-state index contributed by atoms with van der Waals surface area (Å²) >= 11 is 0. The van der Waals surface area contributed by atoms with E-state index in [4.69, 9.17) is 5.41 Å². The Morgan fingerprint density at radius 1 is 0.684 bits per heavy atom. The lowest BCUT2D eigenvalue weighted by Gasteiger charge is -2.43. The number of rotatable bonds is 9. The molecule has 0 amide bonds. The second-order valence-corrected chi connectivity index (χ2v) is 15.7. The molecule has 0 spiro atoms. The van der Waals surface area contributed by atoms with Gasteiger partial charge in [0.05, 0.1) is 33.8 Å². The monoisotopic (exact) mass is 730 g/mol. The first-order chi connectivity index (χ1) is 28.1.